The summed E-state index contributed by atoms with van der Waals surface area (Å²) in [6.45, 7) is 21.6. The Morgan fingerprint density at radius 2 is 1.79 bits per heavy atom. The fourth-order valence-corrected chi connectivity index (χ4v) is 4.34. The summed E-state index contributed by atoms with van der Waals surface area (Å²) >= 11 is 0. The van der Waals surface area contributed by atoms with Crippen LogP contribution in [-0.4, -0.2) is 18.0 Å². The summed E-state index contributed by atoms with van der Waals surface area (Å²) in [5.41, 5.74) is 9.47. The smallest absolute Gasteiger partial charge is 0.0427 e. The molecule has 1 nitrogen and oxygen atoms in total. The first kappa shape index (κ1) is 24.7. The van der Waals surface area contributed by atoms with E-state index in [9.17, 15) is 0 Å². The molecule has 0 saturated carbocycles. The van der Waals surface area contributed by atoms with Gasteiger partial charge in [0.25, 0.3) is 0 Å². The van der Waals surface area contributed by atoms with Crippen molar-refractivity contribution in [3.8, 4) is 11.8 Å². The average molecular weight is 438 g/mol. The van der Waals surface area contributed by atoms with Crippen LogP contribution in [0.1, 0.15) is 70.4 Å². The molecule has 0 radical (unpaired) electrons. The number of allylic oxidation sites excluding steroid dienone is 8. The van der Waals surface area contributed by atoms with Gasteiger partial charge in [-0.05, 0) is 74.3 Å². The number of rotatable bonds is 10. The minimum Gasteiger partial charge on any atom is -0.372 e. The molecule has 1 unspecified atom stereocenters. The number of benzene rings is 1. The topological polar surface area (TPSA) is 3.24 Å². The molecule has 1 fully saturated rings. The van der Waals surface area contributed by atoms with Crippen LogP contribution in [0.3, 0.4) is 0 Å². The summed E-state index contributed by atoms with van der Waals surface area (Å²) in [7, 11) is 0. The van der Waals surface area contributed by atoms with Crippen LogP contribution in [0.2, 0.25) is 0 Å². The van der Waals surface area contributed by atoms with Crippen LogP contribution in [0.4, 0.5) is 0 Å². The van der Waals surface area contributed by atoms with Gasteiger partial charge in [-0.2, -0.15) is 0 Å². The van der Waals surface area contributed by atoms with Gasteiger partial charge in [-0.3, -0.25) is 0 Å². The predicted molar refractivity (Wildman–Crippen MR) is 145 cm³/mol. The number of nitrogens with zero attached hydrogens (tertiary/aromatic N) is 1. The van der Waals surface area contributed by atoms with E-state index in [4.69, 9.17) is 0 Å². The Bertz CT molecular complexity index is 1040. The van der Waals surface area contributed by atoms with Crippen LogP contribution >= 0.6 is 0 Å². The molecule has 0 spiro atoms. The SMILES string of the molecule is C=C(C)C/C(=C\C1=CC=C(c2ccc(C(=C)N3CCCC3)cc2)C#CC1C)C(=C)CCCC. The highest BCUT2D eigenvalue weighted by Gasteiger charge is 2.15. The second-order valence-electron chi connectivity index (χ2n) is 9.47. The van der Waals surface area contributed by atoms with Gasteiger partial charge in [0, 0.05) is 30.3 Å². The lowest BCUT2D eigenvalue weighted by Crippen LogP contribution is -2.16. The molecule has 1 heterocycles. The molecule has 0 aromatic heterocycles. The van der Waals surface area contributed by atoms with Crippen LogP contribution in [-0.2, 0) is 0 Å². The van der Waals surface area contributed by atoms with E-state index < -0.39 is 0 Å². The number of likely N-dealkylation sites (tertiary alicyclic amines) is 1. The van der Waals surface area contributed by atoms with Gasteiger partial charge < -0.3 is 4.90 Å². The Morgan fingerprint density at radius 1 is 1.09 bits per heavy atom. The van der Waals surface area contributed by atoms with Crippen LogP contribution in [0.25, 0.3) is 11.3 Å². The van der Waals surface area contributed by atoms with E-state index in [1.54, 1.807) is 0 Å². The maximum atomic E-state index is 4.37. The van der Waals surface area contributed by atoms with Crippen molar-refractivity contribution in [2.75, 3.05) is 13.1 Å². The third-order valence-electron chi connectivity index (χ3n) is 6.50. The fraction of sp³-hybridized carbons (Fsp3) is 0.375. The molecule has 3 rings (SSSR count). The predicted octanol–water partition coefficient (Wildman–Crippen LogP) is 8.36. The Labute approximate surface area is 202 Å². The summed E-state index contributed by atoms with van der Waals surface area (Å²) in [5, 5.41) is 0. The third-order valence-corrected chi connectivity index (χ3v) is 6.50. The second kappa shape index (κ2) is 11.8. The van der Waals surface area contributed by atoms with E-state index in [1.165, 1.54) is 53.5 Å². The van der Waals surface area contributed by atoms with Crippen LogP contribution in [0, 0.1) is 17.8 Å². The minimum absolute atomic E-state index is 0.173. The first-order valence-electron chi connectivity index (χ1n) is 12.4. The quantitative estimate of drug-likeness (QED) is 0.202. The van der Waals surface area contributed by atoms with E-state index in [1.807, 2.05) is 0 Å². The number of unbranched alkanes of at least 4 members (excludes halogenated alkanes) is 1. The third kappa shape index (κ3) is 6.75. The molecule has 1 heteroatoms. The van der Waals surface area contributed by atoms with E-state index >= 15 is 0 Å². The zero-order chi connectivity index (χ0) is 23.8. The lowest BCUT2D eigenvalue weighted by molar-refractivity contribution is 0.494. The molecule has 0 amide bonds. The Balaban J connectivity index is 1.82. The Hall–Kier alpha value is -2.98. The maximum absolute atomic E-state index is 4.37. The van der Waals surface area contributed by atoms with Gasteiger partial charge >= 0.3 is 0 Å². The molecule has 1 saturated heterocycles. The standard InChI is InChI=1S/C32H39N/c1-7-8-11-25(4)32(22-24(2)3)23-31-19-18-29(13-12-26(31)5)30-16-14-28(15-17-30)27(6)33-20-9-10-21-33/h14-19,23,26H,2,4,6-11,20-22H2,1,3,5H3/b32-23+. The highest BCUT2D eigenvalue weighted by atomic mass is 15.1. The zero-order valence-electron chi connectivity index (χ0n) is 20.8. The fourth-order valence-electron chi connectivity index (χ4n) is 4.34. The first-order chi connectivity index (χ1) is 15.9. The van der Waals surface area contributed by atoms with E-state index in [2.05, 4.69) is 99.7 Å². The van der Waals surface area contributed by atoms with Gasteiger partial charge in [0.1, 0.15) is 0 Å². The van der Waals surface area contributed by atoms with E-state index in [0.29, 0.717) is 0 Å². The van der Waals surface area contributed by atoms with Gasteiger partial charge in [-0.25, -0.2) is 0 Å². The summed E-state index contributed by atoms with van der Waals surface area (Å²) < 4.78 is 0. The lowest BCUT2D eigenvalue weighted by atomic mass is 9.91. The molecule has 1 aliphatic heterocycles. The lowest BCUT2D eigenvalue weighted by Gasteiger charge is -2.20. The van der Waals surface area contributed by atoms with Gasteiger partial charge in [0.2, 0.25) is 0 Å². The van der Waals surface area contributed by atoms with Gasteiger partial charge in [0.15, 0.2) is 0 Å². The van der Waals surface area contributed by atoms with E-state index in [0.717, 1.165) is 42.8 Å². The molecule has 33 heavy (non-hydrogen) atoms. The van der Waals surface area contributed by atoms with Crippen LogP contribution in [0.15, 0.2) is 84.5 Å². The van der Waals surface area contributed by atoms with Crippen molar-refractivity contribution < 1.29 is 0 Å². The van der Waals surface area contributed by atoms with Crippen molar-refractivity contribution in [2.45, 2.75) is 59.3 Å². The van der Waals surface area contributed by atoms with Crippen molar-refractivity contribution in [1.29, 1.82) is 0 Å². The molecular formula is C32H39N. The van der Waals surface area contributed by atoms with Crippen molar-refractivity contribution in [2.24, 2.45) is 5.92 Å². The van der Waals surface area contributed by atoms with Crippen molar-refractivity contribution >= 4 is 11.3 Å². The minimum atomic E-state index is 0.173. The largest absolute Gasteiger partial charge is 0.372 e. The number of hydrogen-bond donors (Lipinski definition) is 0. The molecule has 2 aliphatic rings. The second-order valence-corrected chi connectivity index (χ2v) is 9.47. The van der Waals surface area contributed by atoms with Crippen molar-refractivity contribution in [3.63, 3.8) is 0 Å². The zero-order valence-corrected chi connectivity index (χ0v) is 20.8. The summed E-state index contributed by atoms with van der Waals surface area (Å²) in [4.78, 5) is 2.39. The monoisotopic (exact) mass is 437 g/mol. The van der Waals surface area contributed by atoms with Gasteiger partial charge in [0.05, 0.1) is 0 Å². The maximum Gasteiger partial charge on any atom is 0.0427 e. The normalized spacial score (nSPS) is 18.1. The Morgan fingerprint density at radius 3 is 2.42 bits per heavy atom. The van der Waals surface area contributed by atoms with Crippen LogP contribution < -0.4 is 0 Å². The van der Waals surface area contributed by atoms with Crippen molar-refractivity contribution in [3.05, 3.63) is 95.6 Å². The molecule has 172 valence electrons. The molecule has 1 aromatic rings. The highest BCUT2D eigenvalue weighted by Crippen LogP contribution is 2.28. The molecule has 1 atom stereocenters. The van der Waals surface area contributed by atoms with Crippen LogP contribution in [0.5, 0.6) is 0 Å². The van der Waals surface area contributed by atoms with Crippen molar-refractivity contribution in [1.82, 2.24) is 4.90 Å². The molecule has 1 aromatic carbocycles. The summed E-state index contributed by atoms with van der Waals surface area (Å²) in [6, 6.07) is 8.71. The number of hydrogen-bond acceptors (Lipinski definition) is 1. The molecular weight excluding hydrogens is 398 g/mol. The molecule has 0 N–H and O–H groups in total. The molecule has 0 bridgehead atoms. The first-order valence-corrected chi connectivity index (χ1v) is 12.4. The average Bonchev–Trinajstić information content (AvgIpc) is 3.29. The van der Waals surface area contributed by atoms with Gasteiger partial charge in [-0.1, -0.05) is 92.5 Å². The summed E-state index contributed by atoms with van der Waals surface area (Å²) in [5.74, 6) is 7.05. The van der Waals surface area contributed by atoms with E-state index in [-0.39, 0.29) is 5.92 Å². The van der Waals surface area contributed by atoms with Gasteiger partial charge in [-0.15, -0.1) is 0 Å². The molecule has 1 aliphatic carbocycles. The Kier molecular flexibility index (Phi) is 8.79. The summed E-state index contributed by atoms with van der Waals surface area (Å²) in [6.07, 6.45) is 13.5. The highest BCUT2D eigenvalue weighted by molar-refractivity contribution is 5.81.